The van der Waals surface area contributed by atoms with Crippen LogP contribution in [0.5, 0.6) is 5.75 Å². The molecule has 2 N–H and O–H groups in total. The van der Waals surface area contributed by atoms with Crippen molar-refractivity contribution >= 4 is 17.5 Å². The molecule has 0 saturated carbocycles. The first-order valence-electron chi connectivity index (χ1n) is 15.9. The van der Waals surface area contributed by atoms with Gasteiger partial charge in [-0.3, -0.25) is 19.5 Å². The average Bonchev–Trinajstić information content (AvgIpc) is 2.98. The van der Waals surface area contributed by atoms with E-state index in [9.17, 15) is 14.7 Å². The number of nitrogens with one attached hydrogen (secondary N) is 1. The molecular weight excluding hydrogens is 558 g/mol. The van der Waals surface area contributed by atoms with Crippen LogP contribution in [0.15, 0.2) is 42.7 Å². The minimum atomic E-state index is -0.428. The fourth-order valence-corrected chi connectivity index (χ4v) is 5.41. The number of amides is 2. The van der Waals surface area contributed by atoms with Gasteiger partial charge in [0.2, 0.25) is 5.91 Å². The number of aliphatic hydroxyl groups is 1. The molecule has 0 unspecified atom stereocenters. The molecule has 10 nitrogen and oxygen atoms in total. The van der Waals surface area contributed by atoms with Gasteiger partial charge in [0.25, 0.3) is 5.91 Å². The smallest absolute Gasteiger partial charge is 0.258 e. The molecule has 3 rings (SSSR count). The van der Waals surface area contributed by atoms with E-state index < -0.39 is 6.04 Å². The number of hydrogen-bond donors (Lipinski definition) is 2. The maximum atomic E-state index is 14.3. The van der Waals surface area contributed by atoms with Crippen molar-refractivity contribution in [3.63, 3.8) is 0 Å². The monoisotopic (exact) mass is 611 g/mol. The fraction of sp³-hybridized carbons (Fsp3) is 0.618. The van der Waals surface area contributed by atoms with E-state index in [1.165, 1.54) is 5.56 Å². The number of aromatic nitrogens is 1. The highest BCUT2D eigenvalue weighted by molar-refractivity contribution is 5.99. The Kier molecular flexibility index (Phi) is 14.5. The Morgan fingerprint density at radius 1 is 1.16 bits per heavy atom. The first kappa shape index (κ1) is 35.4. The van der Waals surface area contributed by atoms with Gasteiger partial charge in [-0.15, -0.1) is 0 Å². The number of nitrogens with zero attached hydrogens (tertiary/aromatic N) is 4. The molecule has 0 bridgehead atoms. The van der Waals surface area contributed by atoms with E-state index >= 15 is 0 Å². The lowest BCUT2D eigenvalue weighted by Crippen LogP contribution is -2.47. The summed E-state index contributed by atoms with van der Waals surface area (Å²) >= 11 is 0. The summed E-state index contributed by atoms with van der Waals surface area (Å²) in [4.78, 5) is 37.1. The summed E-state index contributed by atoms with van der Waals surface area (Å²) in [5, 5.41) is 13.1. The highest BCUT2D eigenvalue weighted by Gasteiger charge is 2.30. The van der Waals surface area contributed by atoms with Crippen molar-refractivity contribution in [3.05, 3.63) is 53.9 Å². The number of fused-ring (bicyclic) bond motifs is 1. The molecule has 2 heterocycles. The van der Waals surface area contributed by atoms with Crippen LogP contribution >= 0.6 is 0 Å². The molecule has 44 heavy (non-hydrogen) atoms. The standard InChI is InChI=1S/C34H53N5O5/c1-25-21-39(26(2)24-40)34(42)30-20-29(36-33(41)11-9-18-37(4)5)12-13-31(30)44-27(3)10-7-8-19-43-32(25)23-38(6)22-28-14-16-35-17-15-28/h12-17,20,25-27,32,40H,7-11,18-19,21-24H2,1-6H3,(H,36,41)/t25-,26+,27-,32-/m1/s1. The first-order chi connectivity index (χ1) is 21.1. The minimum absolute atomic E-state index is 0.0151. The van der Waals surface area contributed by atoms with Crippen LogP contribution in [-0.4, -0.2) is 109 Å². The molecule has 0 radical (unpaired) electrons. The predicted molar refractivity (Wildman–Crippen MR) is 174 cm³/mol. The van der Waals surface area contributed by atoms with Crippen molar-refractivity contribution in [2.45, 2.75) is 77.7 Å². The maximum Gasteiger partial charge on any atom is 0.258 e. The van der Waals surface area contributed by atoms with Gasteiger partial charge in [0.05, 0.1) is 30.4 Å². The number of ether oxygens (including phenoxy) is 2. The maximum absolute atomic E-state index is 14.3. The van der Waals surface area contributed by atoms with Crippen molar-refractivity contribution in [1.29, 1.82) is 0 Å². The Balaban J connectivity index is 1.87. The quantitative estimate of drug-likeness (QED) is 0.388. The molecule has 2 aromatic rings. The molecule has 1 aromatic heterocycles. The Morgan fingerprint density at radius 3 is 2.61 bits per heavy atom. The normalized spacial score (nSPS) is 21.0. The largest absolute Gasteiger partial charge is 0.490 e. The molecule has 0 spiro atoms. The van der Waals surface area contributed by atoms with Crippen LogP contribution in [0.4, 0.5) is 5.69 Å². The number of carbonyl (C=O) groups is 2. The van der Waals surface area contributed by atoms with Gasteiger partial charge in [0.15, 0.2) is 0 Å². The van der Waals surface area contributed by atoms with Crippen LogP contribution in [0.25, 0.3) is 0 Å². The topological polar surface area (TPSA) is 107 Å². The van der Waals surface area contributed by atoms with Crippen LogP contribution in [0.1, 0.15) is 68.8 Å². The highest BCUT2D eigenvalue weighted by Crippen LogP contribution is 2.28. The van der Waals surface area contributed by atoms with Gasteiger partial charge >= 0.3 is 0 Å². The van der Waals surface area contributed by atoms with Gasteiger partial charge in [0.1, 0.15) is 5.75 Å². The molecule has 1 aromatic carbocycles. The van der Waals surface area contributed by atoms with Gasteiger partial charge in [-0.2, -0.15) is 0 Å². The van der Waals surface area contributed by atoms with Crippen LogP contribution in [0.3, 0.4) is 0 Å². The second kappa shape index (κ2) is 18.0. The summed E-state index contributed by atoms with van der Waals surface area (Å²) in [6.07, 6.45) is 7.16. The zero-order valence-electron chi connectivity index (χ0n) is 27.5. The summed E-state index contributed by atoms with van der Waals surface area (Å²) in [7, 11) is 6.04. The van der Waals surface area contributed by atoms with Gasteiger partial charge in [-0.25, -0.2) is 0 Å². The Hall–Kier alpha value is -3.05. The second-order valence-corrected chi connectivity index (χ2v) is 12.5. The number of rotatable bonds is 11. The number of aliphatic hydroxyl groups excluding tert-OH is 1. The number of pyridine rings is 1. The Labute approximate surface area is 263 Å². The van der Waals surface area contributed by atoms with E-state index in [-0.39, 0.29) is 36.5 Å². The highest BCUT2D eigenvalue weighted by atomic mass is 16.5. The molecule has 1 aliphatic heterocycles. The third-order valence-corrected chi connectivity index (χ3v) is 8.04. The third-order valence-electron chi connectivity index (χ3n) is 8.04. The summed E-state index contributed by atoms with van der Waals surface area (Å²) < 4.78 is 12.8. The zero-order valence-corrected chi connectivity index (χ0v) is 27.5. The van der Waals surface area contributed by atoms with Crippen LogP contribution in [0, 0.1) is 5.92 Å². The molecule has 0 aliphatic carbocycles. The molecule has 1 aliphatic rings. The predicted octanol–water partition coefficient (Wildman–Crippen LogP) is 4.29. The fourth-order valence-electron chi connectivity index (χ4n) is 5.41. The summed E-state index contributed by atoms with van der Waals surface area (Å²) in [6.45, 7) is 9.07. The number of hydrogen-bond acceptors (Lipinski definition) is 8. The van der Waals surface area contributed by atoms with Gasteiger partial charge in [0, 0.05) is 56.7 Å². The Morgan fingerprint density at radius 2 is 1.91 bits per heavy atom. The SMILES string of the molecule is C[C@@H]1CCCCO[C@H](CN(C)Cc2ccncc2)[C@H](C)CN([C@@H](C)CO)C(=O)c2cc(NC(=O)CCCN(C)C)ccc2O1. The van der Waals surface area contributed by atoms with Crippen LogP contribution < -0.4 is 10.1 Å². The number of likely N-dealkylation sites (N-methyl/N-ethyl adjacent to an activating group) is 1. The lowest BCUT2D eigenvalue weighted by Gasteiger charge is -2.36. The molecule has 0 saturated heterocycles. The van der Waals surface area contributed by atoms with Gasteiger partial charge in [-0.05, 0) is 103 Å². The summed E-state index contributed by atoms with van der Waals surface area (Å²) in [6, 6.07) is 8.87. The second-order valence-electron chi connectivity index (χ2n) is 12.5. The van der Waals surface area contributed by atoms with Crippen molar-refractivity contribution in [2.75, 3.05) is 59.3 Å². The lowest BCUT2D eigenvalue weighted by molar-refractivity contribution is -0.116. The van der Waals surface area contributed by atoms with E-state index in [1.807, 2.05) is 45.0 Å². The van der Waals surface area contributed by atoms with E-state index in [2.05, 4.69) is 29.2 Å². The van der Waals surface area contributed by atoms with Crippen LogP contribution in [-0.2, 0) is 16.1 Å². The number of carbonyl (C=O) groups excluding carboxylic acids is 2. The molecule has 0 fully saturated rings. The van der Waals surface area contributed by atoms with E-state index in [4.69, 9.17) is 9.47 Å². The zero-order chi connectivity index (χ0) is 32.1. The minimum Gasteiger partial charge on any atom is -0.490 e. The molecule has 10 heteroatoms. The van der Waals surface area contributed by atoms with Crippen molar-refractivity contribution < 1.29 is 24.2 Å². The van der Waals surface area contributed by atoms with E-state index in [1.54, 1.807) is 35.5 Å². The molecular formula is C34H53N5O5. The molecule has 244 valence electrons. The van der Waals surface area contributed by atoms with Crippen LogP contribution in [0.2, 0.25) is 0 Å². The first-order valence-corrected chi connectivity index (χ1v) is 15.9. The van der Waals surface area contributed by atoms with Gasteiger partial charge < -0.3 is 29.7 Å². The van der Waals surface area contributed by atoms with Gasteiger partial charge in [-0.1, -0.05) is 6.92 Å². The summed E-state index contributed by atoms with van der Waals surface area (Å²) in [5.74, 6) is 0.126. The van der Waals surface area contributed by atoms with E-state index in [0.717, 1.165) is 38.8 Å². The van der Waals surface area contributed by atoms with Crippen molar-refractivity contribution in [2.24, 2.45) is 5.92 Å². The van der Waals surface area contributed by atoms with E-state index in [0.29, 0.717) is 43.1 Å². The van der Waals surface area contributed by atoms with Crippen molar-refractivity contribution in [3.8, 4) is 5.75 Å². The third kappa shape index (κ3) is 11.5. The summed E-state index contributed by atoms with van der Waals surface area (Å²) in [5.41, 5.74) is 2.10. The molecule has 2 amide bonds. The average molecular weight is 612 g/mol. The number of benzene rings is 1. The molecule has 4 atom stereocenters. The van der Waals surface area contributed by atoms with Crippen molar-refractivity contribution in [1.82, 2.24) is 19.7 Å². The Bertz CT molecular complexity index is 1160. The number of anilines is 1. The lowest BCUT2D eigenvalue weighted by atomic mass is 10.0.